The Morgan fingerprint density at radius 3 is 2.42 bits per heavy atom. The highest BCUT2D eigenvalue weighted by Gasteiger charge is 2.20. The van der Waals surface area contributed by atoms with E-state index in [9.17, 15) is 0 Å². The summed E-state index contributed by atoms with van der Waals surface area (Å²) in [6, 6.07) is 0.370. The van der Waals surface area contributed by atoms with Gasteiger partial charge in [0.05, 0.1) is 6.10 Å². The van der Waals surface area contributed by atoms with E-state index in [0.29, 0.717) is 17.9 Å². The standard InChI is InChI=1S/C13H23N5O/c1-4-14-11-16-12(15-8-7-10-5-6-10)18-13(17-11)19-9(2)3/h9-10H,4-8H2,1-3H3,(H2,14,15,16,17,18). The number of ether oxygens (including phenoxy) is 1. The third-order valence-electron chi connectivity index (χ3n) is 2.82. The van der Waals surface area contributed by atoms with Crippen molar-refractivity contribution in [3.05, 3.63) is 0 Å². The summed E-state index contributed by atoms with van der Waals surface area (Å²) in [4.78, 5) is 12.8. The number of hydrogen-bond acceptors (Lipinski definition) is 6. The van der Waals surface area contributed by atoms with Crippen LogP contribution in [0, 0.1) is 5.92 Å². The number of hydrogen-bond donors (Lipinski definition) is 2. The number of nitrogens with one attached hydrogen (secondary N) is 2. The molecule has 1 aromatic rings. The maximum atomic E-state index is 5.54. The third kappa shape index (κ3) is 4.89. The summed E-state index contributed by atoms with van der Waals surface area (Å²) in [5, 5.41) is 6.34. The molecule has 2 N–H and O–H groups in total. The highest BCUT2D eigenvalue weighted by atomic mass is 16.5. The van der Waals surface area contributed by atoms with Crippen molar-refractivity contribution in [3.63, 3.8) is 0 Å². The minimum Gasteiger partial charge on any atom is -0.461 e. The molecule has 0 amide bonds. The first-order valence-electron chi connectivity index (χ1n) is 7.08. The minimum absolute atomic E-state index is 0.0520. The van der Waals surface area contributed by atoms with Gasteiger partial charge in [-0.3, -0.25) is 0 Å². The van der Waals surface area contributed by atoms with Crippen LogP contribution >= 0.6 is 0 Å². The maximum Gasteiger partial charge on any atom is 0.323 e. The van der Waals surface area contributed by atoms with E-state index in [1.54, 1.807) is 0 Å². The normalized spacial score (nSPS) is 14.5. The van der Waals surface area contributed by atoms with Gasteiger partial charge in [-0.2, -0.15) is 15.0 Å². The third-order valence-corrected chi connectivity index (χ3v) is 2.82. The summed E-state index contributed by atoms with van der Waals surface area (Å²) in [6.07, 6.45) is 3.96. The Morgan fingerprint density at radius 1 is 1.16 bits per heavy atom. The van der Waals surface area contributed by atoms with Gasteiger partial charge < -0.3 is 15.4 Å². The Labute approximate surface area is 114 Å². The van der Waals surface area contributed by atoms with Crippen molar-refractivity contribution in [1.82, 2.24) is 15.0 Å². The molecule has 0 spiro atoms. The lowest BCUT2D eigenvalue weighted by molar-refractivity contribution is 0.222. The molecule has 2 rings (SSSR count). The molecular weight excluding hydrogens is 242 g/mol. The molecule has 1 aliphatic carbocycles. The Bertz CT molecular complexity index is 406. The van der Waals surface area contributed by atoms with Crippen LogP contribution in [0.2, 0.25) is 0 Å². The molecule has 0 saturated heterocycles. The van der Waals surface area contributed by atoms with Gasteiger partial charge in [-0.05, 0) is 33.1 Å². The summed E-state index contributed by atoms with van der Waals surface area (Å²) < 4.78 is 5.54. The zero-order valence-corrected chi connectivity index (χ0v) is 11.9. The second-order valence-corrected chi connectivity index (χ2v) is 5.12. The lowest BCUT2D eigenvalue weighted by atomic mass is 10.3. The average molecular weight is 265 g/mol. The largest absolute Gasteiger partial charge is 0.461 e. The van der Waals surface area contributed by atoms with Crippen LogP contribution in [0.1, 0.15) is 40.0 Å². The Balaban J connectivity index is 1.99. The predicted octanol–water partition coefficient (Wildman–Crippen LogP) is 2.30. The van der Waals surface area contributed by atoms with E-state index < -0.39 is 0 Å². The minimum atomic E-state index is 0.0520. The molecule has 0 bridgehead atoms. The van der Waals surface area contributed by atoms with E-state index in [2.05, 4.69) is 25.6 Å². The Kier molecular flexibility index (Phi) is 4.76. The van der Waals surface area contributed by atoms with Crippen molar-refractivity contribution in [2.24, 2.45) is 5.92 Å². The fourth-order valence-electron chi connectivity index (χ4n) is 1.73. The summed E-state index contributed by atoms with van der Waals surface area (Å²) in [5.41, 5.74) is 0. The smallest absolute Gasteiger partial charge is 0.323 e. The van der Waals surface area contributed by atoms with E-state index in [4.69, 9.17) is 4.74 Å². The van der Waals surface area contributed by atoms with Crippen LogP contribution in [0.5, 0.6) is 6.01 Å². The van der Waals surface area contributed by atoms with Crippen molar-refractivity contribution >= 4 is 11.9 Å². The van der Waals surface area contributed by atoms with E-state index in [-0.39, 0.29) is 6.10 Å². The molecule has 1 fully saturated rings. The molecular formula is C13H23N5O. The van der Waals surface area contributed by atoms with E-state index in [1.165, 1.54) is 19.3 Å². The molecule has 1 aliphatic rings. The van der Waals surface area contributed by atoms with Crippen LogP contribution in [0.4, 0.5) is 11.9 Å². The second kappa shape index (κ2) is 6.54. The van der Waals surface area contributed by atoms with Crippen LogP contribution in [0.25, 0.3) is 0 Å². The van der Waals surface area contributed by atoms with Crippen molar-refractivity contribution in [3.8, 4) is 6.01 Å². The molecule has 1 aromatic heterocycles. The van der Waals surface area contributed by atoms with Crippen LogP contribution in [-0.4, -0.2) is 34.1 Å². The van der Waals surface area contributed by atoms with E-state index >= 15 is 0 Å². The first-order valence-corrected chi connectivity index (χ1v) is 7.08. The van der Waals surface area contributed by atoms with Gasteiger partial charge in [0.25, 0.3) is 0 Å². The fourth-order valence-corrected chi connectivity index (χ4v) is 1.73. The summed E-state index contributed by atoms with van der Waals surface area (Å²) in [5.74, 6) is 2.04. The van der Waals surface area contributed by atoms with Gasteiger partial charge in [-0.1, -0.05) is 12.8 Å². The van der Waals surface area contributed by atoms with Gasteiger partial charge in [0.1, 0.15) is 0 Å². The second-order valence-electron chi connectivity index (χ2n) is 5.12. The lowest BCUT2D eigenvalue weighted by Gasteiger charge is -2.11. The Hall–Kier alpha value is -1.59. The predicted molar refractivity (Wildman–Crippen MR) is 75.6 cm³/mol. The SMILES string of the molecule is CCNc1nc(NCCC2CC2)nc(OC(C)C)n1. The number of rotatable bonds is 8. The van der Waals surface area contributed by atoms with Crippen LogP contribution in [-0.2, 0) is 0 Å². The molecule has 0 aliphatic heterocycles. The van der Waals surface area contributed by atoms with Gasteiger partial charge in [-0.15, -0.1) is 0 Å². The quantitative estimate of drug-likeness (QED) is 0.751. The van der Waals surface area contributed by atoms with E-state index in [1.807, 2.05) is 20.8 Å². The molecule has 19 heavy (non-hydrogen) atoms. The molecule has 1 saturated carbocycles. The van der Waals surface area contributed by atoms with Gasteiger partial charge in [0.15, 0.2) is 0 Å². The molecule has 6 nitrogen and oxygen atoms in total. The summed E-state index contributed by atoms with van der Waals surface area (Å²) in [7, 11) is 0. The molecule has 1 heterocycles. The van der Waals surface area contributed by atoms with E-state index in [0.717, 1.165) is 19.0 Å². The van der Waals surface area contributed by atoms with Gasteiger partial charge >= 0.3 is 6.01 Å². The van der Waals surface area contributed by atoms with Crippen LogP contribution in [0.3, 0.4) is 0 Å². The topological polar surface area (TPSA) is 72.0 Å². The van der Waals surface area contributed by atoms with Crippen LogP contribution < -0.4 is 15.4 Å². The van der Waals surface area contributed by atoms with Crippen molar-refractivity contribution in [1.29, 1.82) is 0 Å². The zero-order valence-electron chi connectivity index (χ0n) is 11.9. The molecule has 0 radical (unpaired) electrons. The van der Waals surface area contributed by atoms with Gasteiger partial charge in [0, 0.05) is 13.1 Å². The molecule has 106 valence electrons. The summed E-state index contributed by atoms with van der Waals surface area (Å²) >= 11 is 0. The number of nitrogens with zero attached hydrogens (tertiary/aromatic N) is 3. The fraction of sp³-hybridized carbons (Fsp3) is 0.769. The maximum absolute atomic E-state index is 5.54. The Morgan fingerprint density at radius 2 is 1.84 bits per heavy atom. The van der Waals surface area contributed by atoms with Crippen molar-refractivity contribution in [2.45, 2.75) is 46.1 Å². The van der Waals surface area contributed by atoms with Crippen molar-refractivity contribution < 1.29 is 4.74 Å². The van der Waals surface area contributed by atoms with Crippen molar-refractivity contribution in [2.75, 3.05) is 23.7 Å². The molecule has 0 unspecified atom stereocenters. The average Bonchev–Trinajstić information content (AvgIpc) is 3.12. The highest BCUT2D eigenvalue weighted by Crippen LogP contribution is 2.32. The molecule has 6 heteroatoms. The number of aromatic nitrogens is 3. The zero-order chi connectivity index (χ0) is 13.7. The van der Waals surface area contributed by atoms with Gasteiger partial charge in [0.2, 0.25) is 11.9 Å². The molecule has 0 atom stereocenters. The van der Waals surface area contributed by atoms with Gasteiger partial charge in [-0.25, -0.2) is 0 Å². The van der Waals surface area contributed by atoms with Crippen LogP contribution in [0.15, 0.2) is 0 Å². The monoisotopic (exact) mass is 265 g/mol. The number of anilines is 2. The lowest BCUT2D eigenvalue weighted by Crippen LogP contribution is -2.14. The first-order chi connectivity index (χ1) is 9.17. The highest BCUT2D eigenvalue weighted by molar-refractivity contribution is 5.35. The first kappa shape index (κ1) is 13.8. The summed E-state index contributed by atoms with van der Waals surface area (Å²) in [6.45, 7) is 7.59. The molecule has 0 aromatic carbocycles.